The summed E-state index contributed by atoms with van der Waals surface area (Å²) in [6.45, 7) is 4.29. The summed E-state index contributed by atoms with van der Waals surface area (Å²) in [5.74, 6) is 0.627. The molecule has 1 aliphatic rings. The van der Waals surface area contributed by atoms with Gasteiger partial charge in [0.25, 0.3) is 0 Å². The molecule has 19 heavy (non-hydrogen) atoms. The lowest BCUT2D eigenvalue weighted by Crippen LogP contribution is -2.36. The topological polar surface area (TPSA) is 57.2 Å². The van der Waals surface area contributed by atoms with E-state index in [2.05, 4.69) is 10.3 Å². The number of methoxy groups -OCH3 is 1. The summed E-state index contributed by atoms with van der Waals surface area (Å²) in [4.78, 5) is 2.33. The van der Waals surface area contributed by atoms with E-state index in [0.717, 1.165) is 43.6 Å². The fourth-order valence-corrected chi connectivity index (χ4v) is 2.14. The first-order valence-electron chi connectivity index (χ1n) is 6.38. The summed E-state index contributed by atoms with van der Waals surface area (Å²) in [6, 6.07) is 5.80. The summed E-state index contributed by atoms with van der Waals surface area (Å²) in [5.41, 5.74) is 4.40. The zero-order valence-electron chi connectivity index (χ0n) is 11.4. The number of nitrogens with zero attached hydrogens (tertiary/aromatic N) is 2. The van der Waals surface area contributed by atoms with Crippen LogP contribution in [-0.2, 0) is 11.3 Å². The van der Waals surface area contributed by atoms with E-state index >= 15 is 0 Å². The summed E-state index contributed by atoms with van der Waals surface area (Å²) in [6.07, 6.45) is 0. The Morgan fingerprint density at radius 2 is 2.16 bits per heavy atom. The molecule has 106 valence electrons. The maximum atomic E-state index is 9.78. The third kappa shape index (κ3) is 3.57. The van der Waals surface area contributed by atoms with Gasteiger partial charge in [0.05, 0.1) is 20.3 Å². The van der Waals surface area contributed by atoms with E-state index in [9.17, 15) is 5.21 Å². The summed E-state index contributed by atoms with van der Waals surface area (Å²) >= 11 is 0. The van der Waals surface area contributed by atoms with Crippen molar-refractivity contribution < 1.29 is 14.7 Å². The van der Waals surface area contributed by atoms with E-state index in [-0.39, 0.29) is 0 Å². The largest absolute Gasteiger partial charge is 0.494 e. The second kappa shape index (κ2) is 6.72. The molecule has 0 aromatic heterocycles. The Hall–Kier alpha value is -1.34. The lowest BCUT2D eigenvalue weighted by molar-refractivity contribution is 0.0342. The van der Waals surface area contributed by atoms with E-state index in [1.54, 1.807) is 14.2 Å². The van der Waals surface area contributed by atoms with Crippen LogP contribution in [0, 0.1) is 0 Å². The Labute approximate surface area is 113 Å². The van der Waals surface area contributed by atoms with Gasteiger partial charge in [0.1, 0.15) is 11.4 Å². The Balaban J connectivity index is 2.12. The minimum Gasteiger partial charge on any atom is -0.494 e. The van der Waals surface area contributed by atoms with Gasteiger partial charge in [-0.05, 0) is 17.7 Å². The van der Waals surface area contributed by atoms with Gasteiger partial charge in [0.2, 0.25) is 0 Å². The Kier molecular flexibility index (Phi) is 4.98. The minimum atomic E-state index is 0.607. The van der Waals surface area contributed by atoms with Crippen LogP contribution in [0.4, 0.5) is 5.69 Å². The van der Waals surface area contributed by atoms with Crippen molar-refractivity contribution in [3.63, 3.8) is 0 Å². The van der Waals surface area contributed by atoms with Crippen LogP contribution in [0.1, 0.15) is 5.56 Å². The van der Waals surface area contributed by atoms with Crippen LogP contribution in [0.15, 0.2) is 18.2 Å². The molecular formula is C13H21N3O3. The van der Waals surface area contributed by atoms with Gasteiger partial charge in [0, 0.05) is 26.7 Å². The van der Waals surface area contributed by atoms with Crippen molar-refractivity contribution in [1.82, 2.24) is 10.3 Å². The molecule has 0 radical (unpaired) electrons. The van der Waals surface area contributed by atoms with Gasteiger partial charge in [-0.2, -0.15) is 5.17 Å². The van der Waals surface area contributed by atoms with Crippen molar-refractivity contribution in [3.8, 4) is 5.75 Å². The molecule has 1 heterocycles. The molecule has 1 aromatic rings. The number of rotatable bonds is 5. The normalized spacial score (nSPS) is 16.4. The second-order valence-electron chi connectivity index (χ2n) is 4.43. The molecular weight excluding hydrogens is 246 g/mol. The van der Waals surface area contributed by atoms with Crippen LogP contribution in [0.5, 0.6) is 5.75 Å². The van der Waals surface area contributed by atoms with Crippen LogP contribution >= 0.6 is 0 Å². The highest BCUT2D eigenvalue weighted by Crippen LogP contribution is 2.28. The fraction of sp³-hybridized carbons (Fsp3) is 0.538. The van der Waals surface area contributed by atoms with Crippen molar-refractivity contribution in [3.05, 3.63) is 23.8 Å². The van der Waals surface area contributed by atoms with Gasteiger partial charge in [-0.3, -0.25) is 10.1 Å². The fourth-order valence-electron chi connectivity index (χ4n) is 2.14. The smallest absolute Gasteiger partial charge is 0.146 e. The Morgan fingerprint density at radius 1 is 1.42 bits per heavy atom. The van der Waals surface area contributed by atoms with Crippen LogP contribution < -0.4 is 15.3 Å². The molecule has 0 atom stereocenters. The number of ether oxygens (including phenoxy) is 2. The Bertz CT molecular complexity index is 408. The van der Waals surface area contributed by atoms with Crippen molar-refractivity contribution in [1.29, 1.82) is 0 Å². The monoisotopic (exact) mass is 267 g/mol. The van der Waals surface area contributed by atoms with Gasteiger partial charge in [0.15, 0.2) is 0 Å². The average molecular weight is 267 g/mol. The molecule has 1 fully saturated rings. The first kappa shape index (κ1) is 14.1. The molecule has 0 saturated carbocycles. The molecule has 0 amide bonds. The van der Waals surface area contributed by atoms with E-state index in [0.29, 0.717) is 11.4 Å². The molecule has 0 spiro atoms. The highest BCUT2D eigenvalue weighted by atomic mass is 16.5. The third-order valence-electron chi connectivity index (χ3n) is 3.19. The van der Waals surface area contributed by atoms with Crippen molar-refractivity contribution in [2.24, 2.45) is 0 Å². The van der Waals surface area contributed by atoms with E-state index in [1.807, 2.05) is 18.2 Å². The molecule has 0 bridgehead atoms. The van der Waals surface area contributed by atoms with Crippen molar-refractivity contribution >= 4 is 5.69 Å². The number of anilines is 1. The van der Waals surface area contributed by atoms with E-state index in [1.165, 1.54) is 0 Å². The van der Waals surface area contributed by atoms with Crippen molar-refractivity contribution in [2.75, 3.05) is 45.6 Å². The predicted octanol–water partition coefficient (Wildman–Crippen LogP) is 0.857. The number of nitrogens with one attached hydrogen (secondary N) is 1. The second-order valence-corrected chi connectivity index (χ2v) is 4.43. The average Bonchev–Trinajstić information content (AvgIpc) is 2.47. The van der Waals surface area contributed by atoms with Gasteiger partial charge < -0.3 is 9.47 Å². The zero-order valence-corrected chi connectivity index (χ0v) is 11.4. The predicted molar refractivity (Wildman–Crippen MR) is 72.4 cm³/mol. The van der Waals surface area contributed by atoms with E-state index < -0.39 is 0 Å². The van der Waals surface area contributed by atoms with E-state index in [4.69, 9.17) is 9.47 Å². The molecule has 0 unspecified atom stereocenters. The summed E-state index contributed by atoms with van der Waals surface area (Å²) in [7, 11) is 3.23. The molecule has 2 rings (SSSR count). The van der Waals surface area contributed by atoms with Crippen LogP contribution in [0.3, 0.4) is 0 Å². The number of hydrogen-bond donors (Lipinski definition) is 2. The van der Waals surface area contributed by atoms with Gasteiger partial charge >= 0.3 is 0 Å². The van der Waals surface area contributed by atoms with Gasteiger partial charge in [-0.15, -0.1) is 0 Å². The van der Waals surface area contributed by atoms with Gasteiger partial charge in [-0.25, -0.2) is 5.43 Å². The van der Waals surface area contributed by atoms with Crippen molar-refractivity contribution in [2.45, 2.75) is 6.54 Å². The lowest BCUT2D eigenvalue weighted by atomic mass is 10.1. The number of hydrazine groups is 1. The number of hydrogen-bond acceptors (Lipinski definition) is 6. The highest BCUT2D eigenvalue weighted by Gasteiger charge is 2.14. The minimum absolute atomic E-state index is 0.607. The maximum absolute atomic E-state index is 9.78. The van der Waals surface area contributed by atoms with Crippen LogP contribution in [-0.4, -0.2) is 50.6 Å². The third-order valence-corrected chi connectivity index (χ3v) is 3.19. The van der Waals surface area contributed by atoms with Crippen LogP contribution in [0.25, 0.3) is 0 Å². The lowest BCUT2D eigenvalue weighted by Gasteiger charge is -2.27. The number of morpholine rings is 1. The molecule has 6 nitrogen and oxygen atoms in total. The van der Waals surface area contributed by atoms with Crippen LogP contribution in [0.2, 0.25) is 0 Å². The highest BCUT2D eigenvalue weighted by molar-refractivity contribution is 5.57. The first-order chi connectivity index (χ1) is 9.24. The SMILES string of the molecule is CNN(O)c1cc(CN2CCOCC2)ccc1OC. The summed E-state index contributed by atoms with van der Waals surface area (Å²) < 4.78 is 10.6. The molecule has 1 saturated heterocycles. The standard InChI is InChI=1S/C13H21N3O3/c1-14-16(17)12-9-11(3-4-13(12)18-2)10-15-5-7-19-8-6-15/h3-4,9,14,17H,5-8,10H2,1-2H3. The van der Waals surface area contributed by atoms with Gasteiger partial charge in [-0.1, -0.05) is 6.07 Å². The Morgan fingerprint density at radius 3 is 2.79 bits per heavy atom. The molecule has 1 aliphatic heterocycles. The summed E-state index contributed by atoms with van der Waals surface area (Å²) in [5, 5.41) is 10.7. The zero-order chi connectivity index (χ0) is 13.7. The maximum Gasteiger partial charge on any atom is 0.146 e. The molecule has 0 aliphatic carbocycles. The molecule has 2 N–H and O–H groups in total. The first-order valence-corrected chi connectivity index (χ1v) is 6.38. The molecule has 6 heteroatoms. The quantitative estimate of drug-likeness (QED) is 0.772. The number of benzene rings is 1. The molecule has 1 aromatic carbocycles.